The second-order valence-electron chi connectivity index (χ2n) is 4.76. The summed E-state index contributed by atoms with van der Waals surface area (Å²) in [6.45, 7) is 0. The highest BCUT2D eigenvalue weighted by molar-refractivity contribution is 5.83. The van der Waals surface area contributed by atoms with E-state index in [1.54, 1.807) is 24.3 Å². The standard InChI is InChI=1S/C19H15NO/c21-19-12-10-18(11-13-19)20-14-15-6-8-17(9-7-15)16-4-2-1-3-5-16/h1-14,21H. The molecule has 0 fully saturated rings. The fourth-order valence-electron chi connectivity index (χ4n) is 2.08. The van der Waals surface area contributed by atoms with E-state index in [0.717, 1.165) is 11.3 Å². The summed E-state index contributed by atoms with van der Waals surface area (Å²) in [6.07, 6.45) is 1.82. The third-order valence-electron chi connectivity index (χ3n) is 3.23. The first-order chi connectivity index (χ1) is 10.3. The average molecular weight is 273 g/mol. The molecule has 0 aliphatic heterocycles. The molecule has 0 radical (unpaired) electrons. The fraction of sp³-hybridized carbons (Fsp3) is 0. The second kappa shape index (κ2) is 6.06. The number of aromatic hydroxyl groups is 1. The van der Waals surface area contributed by atoms with Gasteiger partial charge in [0.25, 0.3) is 0 Å². The Kier molecular flexibility index (Phi) is 3.79. The average Bonchev–Trinajstić information content (AvgIpc) is 2.56. The molecule has 0 spiro atoms. The Bertz CT molecular complexity index is 729. The maximum atomic E-state index is 9.23. The Balaban J connectivity index is 1.77. The van der Waals surface area contributed by atoms with Crippen LogP contribution in [0.5, 0.6) is 5.75 Å². The van der Waals surface area contributed by atoms with Crippen molar-refractivity contribution in [2.45, 2.75) is 0 Å². The van der Waals surface area contributed by atoms with Gasteiger partial charge in [-0.25, -0.2) is 0 Å². The minimum absolute atomic E-state index is 0.251. The van der Waals surface area contributed by atoms with E-state index in [1.807, 2.05) is 36.5 Å². The number of phenolic OH excluding ortho intramolecular Hbond substituents is 1. The lowest BCUT2D eigenvalue weighted by Gasteiger charge is -2.01. The van der Waals surface area contributed by atoms with Gasteiger partial charge in [-0.3, -0.25) is 4.99 Å². The Labute approximate surface area is 124 Å². The summed E-state index contributed by atoms with van der Waals surface area (Å²) in [7, 11) is 0. The van der Waals surface area contributed by atoms with Crippen LogP contribution in [-0.4, -0.2) is 11.3 Å². The summed E-state index contributed by atoms with van der Waals surface area (Å²) >= 11 is 0. The molecule has 0 aromatic heterocycles. The van der Waals surface area contributed by atoms with Crippen LogP contribution in [-0.2, 0) is 0 Å². The highest BCUT2D eigenvalue weighted by atomic mass is 16.3. The van der Waals surface area contributed by atoms with Gasteiger partial charge in [0, 0.05) is 6.21 Å². The Morgan fingerprint density at radius 2 is 1.29 bits per heavy atom. The lowest BCUT2D eigenvalue weighted by atomic mass is 10.0. The fourth-order valence-corrected chi connectivity index (χ4v) is 2.08. The van der Waals surface area contributed by atoms with Crippen LogP contribution in [0.15, 0.2) is 83.9 Å². The molecule has 0 aliphatic rings. The smallest absolute Gasteiger partial charge is 0.115 e. The van der Waals surface area contributed by atoms with Gasteiger partial charge in [0.05, 0.1) is 5.69 Å². The lowest BCUT2D eigenvalue weighted by Crippen LogP contribution is -1.82. The molecule has 0 bridgehead atoms. The van der Waals surface area contributed by atoms with E-state index in [2.05, 4.69) is 29.3 Å². The molecule has 2 nitrogen and oxygen atoms in total. The van der Waals surface area contributed by atoms with Crippen molar-refractivity contribution >= 4 is 11.9 Å². The van der Waals surface area contributed by atoms with E-state index in [1.165, 1.54) is 11.1 Å². The number of hydrogen-bond acceptors (Lipinski definition) is 2. The monoisotopic (exact) mass is 273 g/mol. The van der Waals surface area contributed by atoms with Gasteiger partial charge in [0.1, 0.15) is 5.75 Å². The van der Waals surface area contributed by atoms with Gasteiger partial charge < -0.3 is 5.11 Å². The lowest BCUT2D eigenvalue weighted by molar-refractivity contribution is 0.475. The first-order valence-electron chi connectivity index (χ1n) is 6.80. The summed E-state index contributed by atoms with van der Waals surface area (Å²) in [5, 5.41) is 9.23. The van der Waals surface area contributed by atoms with Crippen LogP contribution in [0.4, 0.5) is 5.69 Å². The summed E-state index contributed by atoms with van der Waals surface area (Å²) in [4.78, 5) is 4.38. The third kappa shape index (κ3) is 3.37. The SMILES string of the molecule is Oc1ccc(N=Cc2ccc(-c3ccccc3)cc2)cc1. The van der Waals surface area contributed by atoms with Gasteiger partial charge in [-0.1, -0.05) is 54.6 Å². The molecule has 3 rings (SSSR count). The zero-order chi connectivity index (χ0) is 14.5. The van der Waals surface area contributed by atoms with Crippen molar-refractivity contribution in [2.75, 3.05) is 0 Å². The van der Waals surface area contributed by atoms with Crippen molar-refractivity contribution in [1.82, 2.24) is 0 Å². The number of aliphatic imine (C=N–C) groups is 1. The van der Waals surface area contributed by atoms with Gasteiger partial charge in [-0.15, -0.1) is 0 Å². The highest BCUT2D eigenvalue weighted by Crippen LogP contribution is 2.20. The van der Waals surface area contributed by atoms with E-state index in [9.17, 15) is 5.11 Å². The Hall–Kier alpha value is -2.87. The largest absolute Gasteiger partial charge is 0.508 e. The Morgan fingerprint density at radius 1 is 0.667 bits per heavy atom. The zero-order valence-electron chi connectivity index (χ0n) is 11.5. The summed E-state index contributed by atoms with van der Waals surface area (Å²) < 4.78 is 0. The molecule has 0 heterocycles. The molecule has 3 aromatic rings. The molecule has 0 unspecified atom stereocenters. The minimum atomic E-state index is 0.251. The third-order valence-corrected chi connectivity index (χ3v) is 3.23. The van der Waals surface area contributed by atoms with Gasteiger partial charge in [-0.05, 0) is 41.0 Å². The van der Waals surface area contributed by atoms with E-state index >= 15 is 0 Å². The molecule has 21 heavy (non-hydrogen) atoms. The number of hydrogen-bond donors (Lipinski definition) is 1. The van der Waals surface area contributed by atoms with Crippen molar-refractivity contribution in [3.05, 3.63) is 84.4 Å². The molecular weight excluding hydrogens is 258 g/mol. The molecule has 0 saturated heterocycles. The molecule has 1 N–H and O–H groups in total. The predicted octanol–water partition coefficient (Wildman–Crippen LogP) is 4.81. The molecule has 0 atom stereocenters. The molecule has 0 aliphatic carbocycles. The molecule has 2 heteroatoms. The normalized spacial score (nSPS) is 10.9. The summed E-state index contributed by atoms with van der Waals surface area (Å²) in [5.74, 6) is 0.251. The van der Waals surface area contributed by atoms with Gasteiger partial charge in [-0.2, -0.15) is 0 Å². The number of phenols is 1. The predicted molar refractivity (Wildman–Crippen MR) is 87.2 cm³/mol. The highest BCUT2D eigenvalue weighted by Gasteiger charge is 1.96. The minimum Gasteiger partial charge on any atom is -0.508 e. The van der Waals surface area contributed by atoms with Crippen molar-refractivity contribution in [3.8, 4) is 16.9 Å². The summed E-state index contributed by atoms with van der Waals surface area (Å²) in [6, 6.07) is 25.4. The van der Waals surface area contributed by atoms with Gasteiger partial charge in [0.15, 0.2) is 0 Å². The van der Waals surface area contributed by atoms with Crippen LogP contribution in [0.2, 0.25) is 0 Å². The molecule has 0 saturated carbocycles. The molecule has 0 amide bonds. The van der Waals surface area contributed by atoms with Gasteiger partial charge >= 0.3 is 0 Å². The van der Waals surface area contributed by atoms with Crippen molar-refractivity contribution < 1.29 is 5.11 Å². The van der Waals surface area contributed by atoms with Crippen LogP contribution in [0.3, 0.4) is 0 Å². The first kappa shape index (κ1) is 13.1. The van der Waals surface area contributed by atoms with Crippen LogP contribution in [0.25, 0.3) is 11.1 Å². The van der Waals surface area contributed by atoms with E-state index in [4.69, 9.17) is 0 Å². The maximum Gasteiger partial charge on any atom is 0.115 e. The van der Waals surface area contributed by atoms with E-state index < -0.39 is 0 Å². The molecule has 102 valence electrons. The van der Waals surface area contributed by atoms with E-state index in [-0.39, 0.29) is 5.75 Å². The van der Waals surface area contributed by atoms with Crippen LogP contribution >= 0.6 is 0 Å². The second-order valence-corrected chi connectivity index (χ2v) is 4.76. The van der Waals surface area contributed by atoms with E-state index in [0.29, 0.717) is 0 Å². The van der Waals surface area contributed by atoms with Crippen molar-refractivity contribution in [2.24, 2.45) is 4.99 Å². The Morgan fingerprint density at radius 3 is 1.95 bits per heavy atom. The maximum absolute atomic E-state index is 9.23. The molecular formula is C19H15NO. The van der Waals surface area contributed by atoms with Crippen LogP contribution < -0.4 is 0 Å². The molecule has 3 aromatic carbocycles. The first-order valence-corrected chi connectivity index (χ1v) is 6.80. The van der Waals surface area contributed by atoms with Gasteiger partial charge in [0.2, 0.25) is 0 Å². The zero-order valence-corrected chi connectivity index (χ0v) is 11.5. The van der Waals surface area contributed by atoms with Crippen molar-refractivity contribution in [3.63, 3.8) is 0 Å². The van der Waals surface area contributed by atoms with Crippen molar-refractivity contribution in [1.29, 1.82) is 0 Å². The number of rotatable bonds is 3. The van der Waals surface area contributed by atoms with Crippen LogP contribution in [0.1, 0.15) is 5.56 Å². The topological polar surface area (TPSA) is 32.6 Å². The summed E-state index contributed by atoms with van der Waals surface area (Å²) in [5.41, 5.74) is 4.26. The number of benzene rings is 3. The quantitative estimate of drug-likeness (QED) is 0.682. The van der Waals surface area contributed by atoms with Crippen LogP contribution in [0, 0.1) is 0 Å². The number of nitrogens with zero attached hydrogens (tertiary/aromatic N) is 1.